The first kappa shape index (κ1) is 15.4. The van der Waals surface area contributed by atoms with Gasteiger partial charge in [-0.1, -0.05) is 37.6 Å². The molecule has 3 nitrogen and oxygen atoms in total. The van der Waals surface area contributed by atoms with Crippen LogP contribution in [-0.4, -0.2) is 18.8 Å². The Morgan fingerprint density at radius 1 is 1.05 bits per heavy atom. The first-order chi connectivity index (χ1) is 10.2. The molecule has 0 saturated heterocycles. The van der Waals surface area contributed by atoms with Gasteiger partial charge in [0.05, 0.1) is 13.2 Å². The number of nitrogens with one attached hydrogen (secondary N) is 1. The summed E-state index contributed by atoms with van der Waals surface area (Å²) in [7, 11) is 1.63. The Balaban J connectivity index is 1.88. The fourth-order valence-electron chi connectivity index (χ4n) is 2.24. The average Bonchev–Trinajstić information content (AvgIpc) is 2.54. The molecule has 2 aromatic rings. The lowest BCUT2D eigenvalue weighted by molar-refractivity contribution is 0.191. The van der Waals surface area contributed by atoms with Crippen LogP contribution < -0.4 is 10.1 Å². The topological polar surface area (TPSA) is 41.5 Å². The lowest BCUT2D eigenvalue weighted by atomic mass is 10.1. The first-order valence-corrected chi connectivity index (χ1v) is 7.37. The number of ether oxygens (including phenoxy) is 1. The van der Waals surface area contributed by atoms with Crippen LogP contribution in [-0.2, 0) is 6.42 Å². The molecule has 0 aliphatic heterocycles. The van der Waals surface area contributed by atoms with Crippen molar-refractivity contribution in [2.45, 2.75) is 25.9 Å². The minimum Gasteiger partial charge on any atom is -0.497 e. The predicted octanol–water partition coefficient (Wildman–Crippen LogP) is 3.79. The minimum absolute atomic E-state index is 0.486. The van der Waals surface area contributed by atoms with Crippen LogP contribution in [0, 0.1) is 0 Å². The number of hydrogen-bond donors (Lipinski definition) is 2. The molecule has 0 aromatic heterocycles. The summed E-state index contributed by atoms with van der Waals surface area (Å²) in [6.45, 7) is 2.66. The van der Waals surface area contributed by atoms with Crippen LogP contribution in [0.15, 0.2) is 48.5 Å². The number of aliphatic hydroxyl groups excluding tert-OH is 1. The van der Waals surface area contributed by atoms with Crippen molar-refractivity contribution in [3.8, 4) is 5.75 Å². The molecule has 2 aromatic carbocycles. The van der Waals surface area contributed by atoms with E-state index in [0.717, 1.165) is 29.8 Å². The number of benzene rings is 2. The molecule has 1 atom stereocenters. The van der Waals surface area contributed by atoms with Gasteiger partial charge in [0.25, 0.3) is 0 Å². The van der Waals surface area contributed by atoms with E-state index < -0.39 is 6.10 Å². The molecule has 0 spiro atoms. The molecule has 21 heavy (non-hydrogen) atoms. The Morgan fingerprint density at radius 3 is 2.29 bits per heavy atom. The SMILES string of the molecule is CCCc1ccc(NCC(O)c2ccc(OC)cc2)cc1. The summed E-state index contributed by atoms with van der Waals surface area (Å²) in [5.74, 6) is 0.797. The fraction of sp³-hybridized carbons (Fsp3) is 0.333. The Bertz CT molecular complexity index is 534. The molecule has 0 aliphatic carbocycles. The minimum atomic E-state index is -0.536. The van der Waals surface area contributed by atoms with Crippen molar-refractivity contribution in [1.29, 1.82) is 0 Å². The Morgan fingerprint density at radius 2 is 1.71 bits per heavy atom. The molecule has 0 amide bonds. The van der Waals surface area contributed by atoms with Gasteiger partial charge in [-0.15, -0.1) is 0 Å². The molecule has 0 radical (unpaired) electrons. The largest absolute Gasteiger partial charge is 0.497 e. The van der Waals surface area contributed by atoms with Gasteiger partial charge in [-0.2, -0.15) is 0 Å². The zero-order valence-corrected chi connectivity index (χ0v) is 12.7. The van der Waals surface area contributed by atoms with Crippen LogP contribution in [0.3, 0.4) is 0 Å². The molecule has 112 valence electrons. The van der Waals surface area contributed by atoms with Crippen LogP contribution >= 0.6 is 0 Å². The number of hydrogen-bond acceptors (Lipinski definition) is 3. The van der Waals surface area contributed by atoms with Crippen molar-refractivity contribution in [1.82, 2.24) is 0 Å². The second-order valence-corrected chi connectivity index (χ2v) is 5.12. The molecule has 0 aliphatic rings. The standard InChI is InChI=1S/C18H23NO2/c1-3-4-14-5-9-16(10-6-14)19-13-18(20)15-7-11-17(21-2)12-8-15/h5-12,18-20H,3-4,13H2,1-2H3. The summed E-state index contributed by atoms with van der Waals surface area (Å²) in [5.41, 5.74) is 3.26. The van der Waals surface area contributed by atoms with Crippen molar-refractivity contribution in [3.05, 3.63) is 59.7 Å². The van der Waals surface area contributed by atoms with Gasteiger partial charge in [0.2, 0.25) is 0 Å². The maximum absolute atomic E-state index is 10.2. The molecular weight excluding hydrogens is 262 g/mol. The van der Waals surface area contributed by atoms with Crippen LogP contribution in [0.1, 0.15) is 30.6 Å². The third-order valence-corrected chi connectivity index (χ3v) is 3.49. The number of aliphatic hydroxyl groups is 1. The van der Waals surface area contributed by atoms with E-state index in [-0.39, 0.29) is 0 Å². The number of rotatable bonds is 7. The summed E-state index contributed by atoms with van der Waals surface area (Å²) in [4.78, 5) is 0. The van der Waals surface area contributed by atoms with Gasteiger partial charge < -0.3 is 15.2 Å². The summed E-state index contributed by atoms with van der Waals surface area (Å²) < 4.78 is 5.11. The highest BCUT2D eigenvalue weighted by atomic mass is 16.5. The maximum Gasteiger partial charge on any atom is 0.118 e. The van der Waals surface area contributed by atoms with Crippen LogP contribution in [0.4, 0.5) is 5.69 Å². The van der Waals surface area contributed by atoms with Crippen LogP contribution in [0.25, 0.3) is 0 Å². The van der Waals surface area contributed by atoms with E-state index in [1.54, 1.807) is 7.11 Å². The number of methoxy groups -OCH3 is 1. The van der Waals surface area contributed by atoms with Gasteiger partial charge >= 0.3 is 0 Å². The van der Waals surface area contributed by atoms with E-state index in [1.165, 1.54) is 5.56 Å². The van der Waals surface area contributed by atoms with E-state index in [0.29, 0.717) is 6.54 Å². The highest BCUT2D eigenvalue weighted by molar-refractivity contribution is 5.45. The van der Waals surface area contributed by atoms with Crippen molar-refractivity contribution in [3.63, 3.8) is 0 Å². The van der Waals surface area contributed by atoms with Crippen molar-refractivity contribution >= 4 is 5.69 Å². The molecule has 0 heterocycles. The smallest absolute Gasteiger partial charge is 0.118 e. The van der Waals surface area contributed by atoms with Crippen molar-refractivity contribution in [2.24, 2.45) is 0 Å². The van der Waals surface area contributed by atoms with E-state index in [1.807, 2.05) is 24.3 Å². The first-order valence-electron chi connectivity index (χ1n) is 7.37. The quantitative estimate of drug-likeness (QED) is 0.813. The van der Waals surface area contributed by atoms with Crippen molar-refractivity contribution in [2.75, 3.05) is 19.0 Å². The number of anilines is 1. The van der Waals surface area contributed by atoms with Gasteiger partial charge in [-0.05, 0) is 41.8 Å². The lowest BCUT2D eigenvalue weighted by Crippen LogP contribution is -2.12. The summed E-state index contributed by atoms with van der Waals surface area (Å²) in [6, 6.07) is 15.9. The summed E-state index contributed by atoms with van der Waals surface area (Å²) >= 11 is 0. The second kappa shape index (κ2) is 7.70. The molecule has 1 unspecified atom stereocenters. The summed E-state index contributed by atoms with van der Waals surface area (Å²) in [6.07, 6.45) is 1.73. The van der Waals surface area contributed by atoms with Gasteiger partial charge in [0.1, 0.15) is 5.75 Å². The molecule has 2 rings (SSSR count). The van der Waals surface area contributed by atoms with E-state index in [4.69, 9.17) is 4.74 Å². The molecule has 2 N–H and O–H groups in total. The van der Waals surface area contributed by atoms with Gasteiger partial charge in [-0.3, -0.25) is 0 Å². The molecule has 0 saturated carbocycles. The van der Waals surface area contributed by atoms with Crippen molar-refractivity contribution < 1.29 is 9.84 Å². The van der Waals surface area contributed by atoms with Gasteiger partial charge in [0.15, 0.2) is 0 Å². The average molecular weight is 285 g/mol. The highest BCUT2D eigenvalue weighted by Crippen LogP contribution is 2.18. The third kappa shape index (κ3) is 4.50. The fourth-order valence-corrected chi connectivity index (χ4v) is 2.24. The van der Waals surface area contributed by atoms with E-state index >= 15 is 0 Å². The number of aryl methyl sites for hydroxylation is 1. The van der Waals surface area contributed by atoms with E-state index in [9.17, 15) is 5.11 Å². The van der Waals surface area contributed by atoms with Crippen LogP contribution in [0.5, 0.6) is 5.75 Å². The maximum atomic E-state index is 10.2. The highest BCUT2D eigenvalue weighted by Gasteiger charge is 2.07. The molecule has 0 fully saturated rings. The Labute approximate surface area is 126 Å². The zero-order chi connectivity index (χ0) is 15.1. The zero-order valence-electron chi connectivity index (χ0n) is 12.7. The monoisotopic (exact) mass is 285 g/mol. The third-order valence-electron chi connectivity index (χ3n) is 3.49. The molecule has 0 bridgehead atoms. The lowest BCUT2D eigenvalue weighted by Gasteiger charge is -2.14. The van der Waals surface area contributed by atoms with Gasteiger partial charge in [-0.25, -0.2) is 0 Å². The van der Waals surface area contributed by atoms with Crippen LogP contribution in [0.2, 0.25) is 0 Å². The Hall–Kier alpha value is -2.00. The van der Waals surface area contributed by atoms with Gasteiger partial charge in [0, 0.05) is 12.2 Å². The summed E-state index contributed by atoms with van der Waals surface area (Å²) in [5, 5.41) is 13.4. The predicted molar refractivity (Wildman–Crippen MR) is 86.9 cm³/mol. The molecule has 3 heteroatoms. The normalized spacial score (nSPS) is 12.0. The van der Waals surface area contributed by atoms with E-state index in [2.05, 4.69) is 36.5 Å². The second-order valence-electron chi connectivity index (χ2n) is 5.12. The molecular formula is C18H23NO2. The Kier molecular flexibility index (Phi) is 5.64.